The average molecular weight is 497 g/mol. The van der Waals surface area contributed by atoms with Crippen LogP contribution in [0.2, 0.25) is 10.0 Å². The third-order valence-corrected chi connectivity index (χ3v) is 6.12. The number of benzene rings is 1. The van der Waals surface area contributed by atoms with Gasteiger partial charge in [-0.1, -0.05) is 43.1 Å². The molecular weight excluding hydrogens is 475 g/mol. The molecule has 0 fully saturated rings. The van der Waals surface area contributed by atoms with E-state index >= 15 is 0 Å². The van der Waals surface area contributed by atoms with Crippen LogP contribution in [0, 0.1) is 0 Å². The van der Waals surface area contributed by atoms with E-state index in [1.165, 1.54) is 22.8 Å². The Hall–Kier alpha value is -2.95. The first-order chi connectivity index (χ1) is 15.0. The van der Waals surface area contributed by atoms with Gasteiger partial charge in [0.15, 0.2) is 10.9 Å². The van der Waals surface area contributed by atoms with E-state index in [1.54, 1.807) is 38.2 Å². The normalized spacial score (nSPS) is 11.5. The first-order valence-electron chi connectivity index (χ1n) is 9.41. The van der Waals surface area contributed by atoms with Crippen molar-refractivity contribution in [1.29, 1.82) is 0 Å². The predicted molar refractivity (Wildman–Crippen MR) is 123 cm³/mol. The van der Waals surface area contributed by atoms with Gasteiger partial charge in [-0.3, -0.25) is 4.98 Å². The van der Waals surface area contributed by atoms with Crippen molar-refractivity contribution in [2.75, 3.05) is 0 Å². The first-order valence-corrected chi connectivity index (χ1v) is 11.6. The number of pyridine rings is 1. The molecule has 0 aliphatic heterocycles. The molecule has 0 aliphatic carbocycles. The van der Waals surface area contributed by atoms with E-state index < -0.39 is 10.1 Å². The van der Waals surface area contributed by atoms with Gasteiger partial charge >= 0.3 is 10.1 Å². The molecule has 0 radical (unpaired) electrons. The number of imidazole rings is 1. The number of rotatable bonds is 7. The van der Waals surface area contributed by atoms with Crippen molar-refractivity contribution in [3.05, 3.63) is 75.7 Å². The van der Waals surface area contributed by atoms with Crippen molar-refractivity contribution >= 4 is 39.0 Å². The monoisotopic (exact) mass is 496 g/mol. The van der Waals surface area contributed by atoms with Crippen LogP contribution in [-0.2, 0) is 16.7 Å². The fourth-order valence-electron chi connectivity index (χ4n) is 2.97. The number of nitrogens with two attached hydrogens (primary N) is 3. The molecule has 0 atom stereocenters. The van der Waals surface area contributed by atoms with Crippen LogP contribution in [0.15, 0.2) is 53.4 Å². The molecule has 3 aromatic rings. The summed E-state index contributed by atoms with van der Waals surface area (Å²) < 4.78 is 33.7. The third-order valence-electron chi connectivity index (χ3n) is 4.37. The number of hydrogen-bond donors (Lipinski definition) is 3. The smallest absolute Gasteiger partial charge is 0.357 e. The Kier molecular flexibility index (Phi) is 6.87. The second-order valence-corrected chi connectivity index (χ2v) is 9.53. The van der Waals surface area contributed by atoms with Crippen LogP contribution < -0.4 is 21.4 Å². The maximum atomic E-state index is 13.5. The number of aromatic nitrogens is 3. The van der Waals surface area contributed by atoms with Crippen LogP contribution in [0.1, 0.15) is 37.0 Å². The number of nitrogens with zero attached hydrogens (tertiary/aromatic N) is 3. The van der Waals surface area contributed by atoms with Crippen LogP contribution >= 0.6 is 23.2 Å². The van der Waals surface area contributed by atoms with Gasteiger partial charge in [0.1, 0.15) is 17.3 Å². The molecule has 12 heteroatoms. The van der Waals surface area contributed by atoms with Gasteiger partial charge in [0.25, 0.3) is 0 Å². The third kappa shape index (κ3) is 5.09. The maximum Gasteiger partial charge on any atom is 0.357 e. The van der Waals surface area contributed by atoms with Crippen molar-refractivity contribution in [3.8, 4) is 5.75 Å². The quantitative estimate of drug-likeness (QED) is 0.421. The number of halogens is 2. The second kappa shape index (κ2) is 9.27. The Labute approximate surface area is 195 Å². The Balaban J connectivity index is 2.25. The fourth-order valence-corrected chi connectivity index (χ4v) is 4.87. The first kappa shape index (κ1) is 23.7. The van der Waals surface area contributed by atoms with Gasteiger partial charge in [-0.15, -0.1) is 0 Å². The van der Waals surface area contributed by atoms with Gasteiger partial charge in [0.05, 0.1) is 17.9 Å². The Morgan fingerprint density at radius 2 is 1.78 bits per heavy atom. The van der Waals surface area contributed by atoms with Crippen LogP contribution in [0.25, 0.3) is 5.70 Å². The molecule has 0 bridgehead atoms. The highest BCUT2D eigenvalue weighted by Crippen LogP contribution is 2.32. The molecule has 0 saturated heterocycles. The van der Waals surface area contributed by atoms with E-state index in [9.17, 15) is 8.42 Å². The fraction of sp³-hybridized carbons (Fsp3) is 0.200. The molecular formula is C20H22Cl2N6O3S. The highest BCUT2D eigenvalue weighted by atomic mass is 35.5. The Bertz CT molecular complexity index is 1250. The van der Waals surface area contributed by atoms with Gasteiger partial charge in [-0.2, -0.15) is 8.42 Å². The summed E-state index contributed by atoms with van der Waals surface area (Å²) in [5.41, 5.74) is 18.2. The average Bonchev–Trinajstić information content (AvgIpc) is 3.07. The molecule has 170 valence electrons. The van der Waals surface area contributed by atoms with E-state index in [4.69, 9.17) is 44.6 Å². The molecule has 0 aliphatic rings. The second-order valence-electron chi connectivity index (χ2n) is 7.20. The van der Waals surface area contributed by atoms with Crippen molar-refractivity contribution in [1.82, 2.24) is 14.5 Å². The Morgan fingerprint density at radius 1 is 1.12 bits per heavy atom. The molecule has 0 saturated carbocycles. The molecule has 0 amide bonds. The van der Waals surface area contributed by atoms with Gasteiger partial charge in [0.2, 0.25) is 0 Å². The summed E-state index contributed by atoms with van der Waals surface area (Å²) in [6.07, 6.45) is 1.59. The Morgan fingerprint density at radius 3 is 2.31 bits per heavy atom. The van der Waals surface area contributed by atoms with E-state index in [-0.39, 0.29) is 56.3 Å². The minimum Gasteiger partial charge on any atom is -0.393 e. The summed E-state index contributed by atoms with van der Waals surface area (Å²) >= 11 is 12.0. The minimum atomic E-state index is -4.42. The predicted octanol–water partition coefficient (Wildman–Crippen LogP) is 3.03. The van der Waals surface area contributed by atoms with Crippen LogP contribution in [0.3, 0.4) is 0 Å². The lowest BCUT2D eigenvalue weighted by molar-refractivity contribution is 0.472. The highest BCUT2D eigenvalue weighted by Gasteiger charge is 2.32. The van der Waals surface area contributed by atoms with Crippen molar-refractivity contribution in [3.63, 3.8) is 0 Å². The molecule has 2 aromatic heterocycles. The van der Waals surface area contributed by atoms with Crippen molar-refractivity contribution in [2.45, 2.75) is 31.3 Å². The molecule has 3 rings (SSSR count). The molecule has 1 aromatic carbocycles. The van der Waals surface area contributed by atoms with Gasteiger partial charge in [-0.05, 0) is 24.1 Å². The maximum absolute atomic E-state index is 13.5. The highest BCUT2D eigenvalue weighted by molar-refractivity contribution is 7.87. The van der Waals surface area contributed by atoms with E-state index in [0.29, 0.717) is 5.69 Å². The summed E-state index contributed by atoms with van der Waals surface area (Å²) in [7, 11) is -4.42. The van der Waals surface area contributed by atoms with Crippen LogP contribution in [0.4, 0.5) is 0 Å². The summed E-state index contributed by atoms with van der Waals surface area (Å²) in [4.78, 5) is 8.72. The van der Waals surface area contributed by atoms with Gasteiger partial charge < -0.3 is 26.0 Å². The minimum absolute atomic E-state index is 0.0259. The topological polar surface area (TPSA) is 152 Å². The number of hydrogen-bond acceptors (Lipinski definition) is 8. The van der Waals surface area contributed by atoms with E-state index in [2.05, 4.69) is 9.97 Å². The van der Waals surface area contributed by atoms with Crippen molar-refractivity contribution < 1.29 is 12.6 Å². The molecule has 0 spiro atoms. The van der Waals surface area contributed by atoms with Crippen LogP contribution in [0.5, 0.6) is 5.75 Å². The lowest BCUT2D eigenvalue weighted by Crippen LogP contribution is -2.22. The zero-order valence-electron chi connectivity index (χ0n) is 17.3. The molecule has 0 unspecified atom stereocenters. The summed E-state index contributed by atoms with van der Waals surface area (Å²) in [5, 5.41) is 0.239. The molecule has 6 N–H and O–H groups in total. The summed E-state index contributed by atoms with van der Waals surface area (Å²) in [6, 6.07) is 9.39. The lowest BCUT2D eigenvalue weighted by Gasteiger charge is -2.15. The van der Waals surface area contributed by atoms with Crippen molar-refractivity contribution in [2.24, 2.45) is 17.2 Å². The zero-order valence-corrected chi connectivity index (χ0v) is 19.6. The van der Waals surface area contributed by atoms with Crippen LogP contribution in [-0.4, -0.2) is 23.0 Å². The zero-order chi connectivity index (χ0) is 23.6. The SMILES string of the molecule is CC(C)c1nc(C(N)=C(N)N)n(Cc2ccccn2)c1S(=O)(=O)Oc1cc(Cl)cc(Cl)c1. The van der Waals surface area contributed by atoms with E-state index in [0.717, 1.165) is 0 Å². The van der Waals surface area contributed by atoms with Gasteiger partial charge in [0, 0.05) is 28.4 Å². The van der Waals surface area contributed by atoms with E-state index in [1.807, 2.05) is 0 Å². The van der Waals surface area contributed by atoms with Gasteiger partial charge in [-0.25, -0.2) is 4.98 Å². The molecule has 32 heavy (non-hydrogen) atoms. The molecule has 9 nitrogen and oxygen atoms in total. The standard InChI is InChI=1S/C20H22Cl2N6O3S/c1-11(2)17-20(32(29,30)31-15-8-12(21)7-13(22)9-15)28(10-14-5-3-4-6-26-14)19(27-17)16(23)18(24)25/h3-9,11H,10,23-25H2,1-2H3. The summed E-state index contributed by atoms with van der Waals surface area (Å²) in [6.45, 7) is 3.61. The lowest BCUT2D eigenvalue weighted by atomic mass is 10.1. The largest absolute Gasteiger partial charge is 0.393 e. The molecule has 2 heterocycles. The summed E-state index contributed by atoms with van der Waals surface area (Å²) in [5.74, 6) is -0.460.